The van der Waals surface area contributed by atoms with Gasteiger partial charge in [-0.2, -0.15) is 11.8 Å². The zero-order chi connectivity index (χ0) is 18.5. The Morgan fingerprint density at radius 2 is 1.72 bits per heavy atom. The number of nitrogens with zero attached hydrogens (tertiary/aromatic N) is 1. The Balaban J connectivity index is 2.08. The van der Waals surface area contributed by atoms with Crippen LogP contribution in [0.15, 0.2) is 0 Å². The van der Waals surface area contributed by atoms with Gasteiger partial charge in [0.1, 0.15) is 0 Å². The first kappa shape index (κ1) is 22.3. The molecule has 1 fully saturated rings. The number of carbonyl (C=O) groups is 2. The Morgan fingerprint density at radius 3 is 2.36 bits per heavy atom. The normalized spacial score (nSPS) is 15.6. The van der Waals surface area contributed by atoms with Crippen molar-refractivity contribution in [1.29, 1.82) is 0 Å². The van der Waals surface area contributed by atoms with Crippen molar-refractivity contribution in [3.05, 3.63) is 0 Å². The summed E-state index contributed by atoms with van der Waals surface area (Å²) in [4.78, 5) is 26.1. The summed E-state index contributed by atoms with van der Waals surface area (Å²) < 4.78 is 0. The fourth-order valence-electron chi connectivity index (χ4n) is 3.06. The fraction of sp³-hybridized carbons (Fsp3) is 0.895. The molecule has 146 valence electrons. The van der Waals surface area contributed by atoms with Gasteiger partial charge in [0.25, 0.3) is 0 Å². The van der Waals surface area contributed by atoms with E-state index in [1.165, 1.54) is 25.0 Å². The Hall–Kier alpha value is -0.750. The minimum Gasteiger partial charge on any atom is -0.352 e. The predicted octanol–water partition coefficient (Wildman–Crippen LogP) is 2.80. The van der Waals surface area contributed by atoms with Crippen LogP contribution in [0.4, 0.5) is 0 Å². The van der Waals surface area contributed by atoms with Gasteiger partial charge in [-0.15, -0.1) is 0 Å². The summed E-state index contributed by atoms with van der Waals surface area (Å²) in [6, 6.07) is 0.526. The first-order valence-electron chi connectivity index (χ1n) is 9.82. The molecular formula is C19H37N3O2S. The lowest BCUT2D eigenvalue weighted by Gasteiger charge is -2.32. The molecule has 0 radical (unpaired) electrons. The van der Waals surface area contributed by atoms with E-state index in [1.807, 2.05) is 30.5 Å². The van der Waals surface area contributed by atoms with Crippen LogP contribution in [0.5, 0.6) is 0 Å². The van der Waals surface area contributed by atoms with E-state index in [2.05, 4.69) is 16.9 Å². The van der Waals surface area contributed by atoms with E-state index in [9.17, 15) is 9.59 Å². The smallest absolute Gasteiger partial charge is 0.234 e. The van der Waals surface area contributed by atoms with Gasteiger partial charge in [0, 0.05) is 31.6 Å². The molecule has 5 nitrogen and oxygen atoms in total. The molecule has 6 heteroatoms. The highest BCUT2D eigenvalue weighted by Crippen LogP contribution is 2.14. The maximum atomic E-state index is 12.3. The van der Waals surface area contributed by atoms with Gasteiger partial charge in [-0.05, 0) is 37.7 Å². The zero-order valence-electron chi connectivity index (χ0n) is 16.3. The van der Waals surface area contributed by atoms with Crippen molar-refractivity contribution in [2.75, 3.05) is 31.6 Å². The van der Waals surface area contributed by atoms with Crippen LogP contribution in [0.25, 0.3) is 0 Å². The average molecular weight is 372 g/mol. The van der Waals surface area contributed by atoms with Crippen LogP contribution in [-0.2, 0) is 9.59 Å². The summed E-state index contributed by atoms with van der Waals surface area (Å²) in [7, 11) is 0. The molecule has 0 aromatic heterocycles. The number of thioether (sulfide) groups is 1. The summed E-state index contributed by atoms with van der Waals surface area (Å²) in [5.41, 5.74) is 0. The van der Waals surface area contributed by atoms with Crippen LogP contribution < -0.4 is 10.6 Å². The largest absolute Gasteiger partial charge is 0.352 e. The van der Waals surface area contributed by atoms with Gasteiger partial charge in [0.2, 0.25) is 11.8 Å². The molecule has 25 heavy (non-hydrogen) atoms. The number of piperidine rings is 1. The molecular weight excluding hydrogens is 334 g/mol. The number of amides is 2. The van der Waals surface area contributed by atoms with Crippen LogP contribution >= 0.6 is 11.8 Å². The molecule has 1 saturated heterocycles. The first-order chi connectivity index (χ1) is 12.0. The highest BCUT2D eigenvalue weighted by molar-refractivity contribution is 7.98. The highest BCUT2D eigenvalue weighted by Gasteiger charge is 2.23. The maximum Gasteiger partial charge on any atom is 0.234 e. The lowest BCUT2D eigenvalue weighted by atomic mass is 10.0. The van der Waals surface area contributed by atoms with Gasteiger partial charge >= 0.3 is 0 Å². The van der Waals surface area contributed by atoms with Crippen molar-refractivity contribution in [1.82, 2.24) is 15.5 Å². The molecule has 0 bridgehead atoms. The molecule has 1 aliphatic rings. The van der Waals surface area contributed by atoms with Crippen LogP contribution in [0.1, 0.15) is 65.2 Å². The molecule has 0 spiro atoms. The second-order valence-electron chi connectivity index (χ2n) is 7.27. The van der Waals surface area contributed by atoms with Crippen molar-refractivity contribution in [2.24, 2.45) is 0 Å². The third kappa shape index (κ3) is 10.8. The van der Waals surface area contributed by atoms with Crippen molar-refractivity contribution in [2.45, 2.75) is 77.3 Å². The minimum absolute atomic E-state index is 0.0555. The number of nitrogens with one attached hydrogen (secondary N) is 2. The summed E-state index contributed by atoms with van der Waals surface area (Å²) in [6.07, 6.45) is 10.6. The fourth-order valence-corrected chi connectivity index (χ4v) is 3.55. The van der Waals surface area contributed by atoms with E-state index in [0.29, 0.717) is 19.0 Å². The van der Waals surface area contributed by atoms with Crippen LogP contribution in [0.3, 0.4) is 0 Å². The standard InChI is InChI=1S/C19H37N3O2S/c1-16(2)20-15-18(23)21-17-10-12-22(13-11-17)19(24)9-7-5-4-6-8-14-25-3/h16-17,20H,4-15H2,1-3H3,(H,21,23). The van der Waals surface area contributed by atoms with Crippen LogP contribution in [0.2, 0.25) is 0 Å². The Labute approximate surface area is 158 Å². The van der Waals surface area contributed by atoms with Gasteiger partial charge in [-0.1, -0.05) is 33.1 Å². The molecule has 0 aliphatic carbocycles. The van der Waals surface area contributed by atoms with Crippen LogP contribution in [-0.4, -0.2) is 60.4 Å². The SMILES string of the molecule is CSCCCCCCCC(=O)N1CCC(NC(=O)CNC(C)C)CC1. The maximum absolute atomic E-state index is 12.3. The summed E-state index contributed by atoms with van der Waals surface area (Å²) in [5, 5.41) is 6.20. The Bertz CT molecular complexity index is 383. The van der Waals surface area contributed by atoms with Crippen molar-refractivity contribution in [3.63, 3.8) is 0 Å². The quantitative estimate of drug-likeness (QED) is 0.518. The van der Waals surface area contributed by atoms with Gasteiger partial charge in [-0.3, -0.25) is 9.59 Å². The lowest BCUT2D eigenvalue weighted by molar-refractivity contribution is -0.132. The third-order valence-electron chi connectivity index (χ3n) is 4.62. The van der Waals surface area contributed by atoms with Gasteiger partial charge in [0.15, 0.2) is 0 Å². The summed E-state index contributed by atoms with van der Waals surface area (Å²) >= 11 is 1.91. The Kier molecular flexibility index (Phi) is 12.0. The van der Waals surface area contributed by atoms with Crippen LogP contribution in [0, 0.1) is 0 Å². The lowest BCUT2D eigenvalue weighted by Crippen LogP contribution is -2.48. The van der Waals surface area contributed by atoms with E-state index in [4.69, 9.17) is 0 Å². The molecule has 0 aromatic rings. The predicted molar refractivity (Wildman–Crippen MR) is 107 cm³/mol. The monoisotopic (exact) mass is 371 g/mol. The summed E-state index contributed by atoms with van der Waals surface area (Å²) in [5.74, 6) is 1.59. The molecule has 1 rings (SSSR count). The van der Waals surface area contributed by atoms with E-state index >= 15 is 0 Å². The van der Waals surface area contributed by atoms with Crippen molar-refractivity contribution < 1.29 is 9.59 Å². The molecule has 1 aliphatic heterocycles. The third-order valence-corrected chi connectivity index (χ3v) is 5.32. The number of rotatable bonds is 12. The highest BCUT2D eigenvalue weighted by atomic mass is 32.2. The number of likely N-dealkylation sites (tertiary alicyclic amines) is 1. The molecule has 1 heterocycles. The minimum atomic E-state index is 0.0555. The molecule has 2 amide bonds. The number of carbonyl (C=O) groups excluding carboxylic acids is 2. The molecule has 0 unspecified atom stereocenters. The topological polar surface area (TPSA) is 61.4 Å². The molecule has 0 saturated carbocycles. The van der Waals surface area contributed by atoms with E-state index < -0.39 is 0 Å². The van der Waals surface area contributed by atoms with Gasteiger partial charge in [-0.25, -0.2) is 0 Å². The first-order valence-corrected chi connectivity index (χ1v) is 11.2. The summed E-state index contributed by atoms with van der Waals surface area (Å²) in [6.45, 7) is 5.97. The second-order valence-corrected chi connectivity index (χ2v) is 8.25. The van der Waals surface area contributed by atoms with E-state index in [1.54, 1.807) is 0 Å². The van der Waals surface area contributed by atoms with E-state index in [0.717, 1.165) is 38.8 Å². The molecule has 2 N–H and O–H groups in total. The molecule has 0 aromatic carbocycles. The molecule has 0 atom stereocenters. The van der Waals surface area contributed by atoms with Crippen molar-refractivity contribution >= 4 is 23.6 Å². The van der Waals surface area contributed by atoms with Crippen molar-refractivity contribution in [3.8, 4) is 0 Å². The Morgan fingerprint density at radius 1 is 1.08 bits per heavy atom. The number of unbranched alkanes of at least 4 members (excludes halogenated alkanes) is 4. The zero-order valence-corrected chi connectivity index (χ0v) is 17.1. The number of hydrogen-bond acceptors (Lipinski definition) is 4. The average Bonchev–Trinajstić information content (AvgIpc) is 2.59. The van der Waals surface area contributed by atoms with Gasteiger partial charge in [0.05, 0.1) is 6.54 Å². The van der Waals surface area contributed by atoms with Gasteiger partial charge < -0.3 is 15.5 Å². The van der Waals surface area contributed by atoms with E-state index in [-0.39, 0.29) is 17.9 Å². The second kappa shape index (κ2) is 13.5. The number of hydrogen-bond donors (Lipinski definition) is 2.